The number of hydrogen-bond donors (Lipinski definition) is 3. The van der Waals surface area contributed by atoms with Crippen molar-refractivity contribution in [2.75, 3.05) is 31.7 Å². The van der Waals surface area contributed by atoms with Crippen LogP contribution in [0.4, 0.5) is 0 Å². The normalized spacial score (nSPS) is 17.1. The Bertz CT molecular complexity index is 577. The number of nitrogens with one attached hydrogen (secondary N) is 2. The molecular weight excluding hydrogens is 360 g/mol. The fraction of sp³-hybridized carbons (Fsp3) is 0.842. The number of aliphatic hydroxyl groups excluding tert-OH is 1. The number of guanidine groups is 1. The molecule has 0 unspecified atom stereocenters. The molecular formula is C19H36N6OS. The minimum atomic E-state index is 0.191. The number of aliphatic imine (C=N–C) groups is 1. The van der Waals surface area contributed by atoms with E-state index in [9.17, 15) is 5.11 Å². The summed E-state index contributed by atoms with van der Waals surface area (Å²) in [6, 6.07) is 0. The summed E-state index contributed by atoms with van der Waals surface area (Å²) in [7, 11) is 1.97. The summed E-state index contributed by atoms with van der Waals surface area (Å²) < 4.78 is 1.98. The summed E-state index contributed by atoms with van der Waals surface area (Å²) in [5.74, 6) is 3.73. The van der Waals surface area contributed by atoms with Crippen LogP contribution in [0.2, 0.25) is 0 Å². The summed E-state index contributed by atoms with van der Waals surface area (Å²) in [4.78, 5) is 4.74. The Kier molecular flexibility index (Phi) is 9.41. The Morgan fingerprint density at radius 2 is 2.04 bits per heavy atom. The van der Waals surface area contributed by atoms with E-state index in [1.165, 1.54) is 32.1 Å². The van der Waals surface area contributed by atoms with Gasteiger partial charge in [0, 0.05) is 26.7 Å². The van der Waals surface area contributed by atoms with Crippen LogP contribution in [-0.4, -0.2) is 57.5 Å². The summed E-state index contributed by atoms with van der Waals surface area (Å²) in [6.07, 6.45) is 10.3. The predicted molar refractivity (Wildman–Crippen MR) is 113 cm³/mol. The van der Waals surface area contributed by atoms with E-state index >= 15 is 0 Å². The lowest BCUT2D eigenvalue weighted by Gasteiger charge is -2.37. The van der Waals surface area contributed by atoms with Crippen molar-refractivity contribution in [3.8, 4) is 0 Å². The van der Waals surface area contributed by atoms with Crippen LogP contribution in [0.3, 0.4) is 0 Å². The SMILES string of the molecule is CSCCCNC(=NCc1nnc(C)n1C)NCC1(CCO)CCCCC1. The minimum Gasteiger partial charge on any atom is -0.396 e. The molecule has 0 atom stereocenters. The molecule has 0 aromatic carbocycles. The molecule has 8 heteroatoms. The lowest BCUT2D eigenvalue weighted by Crippen LogP contribution is -2.45. The number of thioether (sulfide) groups is 1. The molecule has 0 amide bonds. The first-order valence-corrected chi connectivity index (χ1v) is 11.5. The standard InChI is InChI=1S/C19H36N6OS/c1-16-23-24-17(25(16)2)14-21-18(20-11-7-13-27-3)22-15-19(10-12-26)8-5-4-6-9-19/h26H,4-15H2,1-3H3,(H2,20,21,22). The lowest BCUT2D eigenvalue weighted by atomic mass is 9.72. The highest BCUT2D eigenvalue weighted by molar-refractivity contribution is 7.98. The fourth-order valence-electron chi connectivity index (χ4n) is 3.66. The molecule has 1 saturated carbocycles. The van der Waals surface area contributed by atoms with Gasteiger partial charge in [-0.1, -0.05) is 19.3 Å². The largest absolute Gasteiger partial charge is 0.396 e. The van der Waals surface area contributed by atoms with E-state index < -0.39 is 0 Å². The second-order valence-electron chi connectivity index (χ2n) is 7.55. The third-order valence-electron chi connectivity index (χ3n) is 5.57. The number of aromatic nitrogens is 3. The molecule has 0 radical (unpaired) electrons. The average molecular weight is 397 g/mol. The van der Waals surface area contributed by atoms with Crippen molar-refractivity contribution in [2.45, 2.75) is 58.4 Å². The third-order valence-corrected chi connectivity index (χ3v) is 6.26. The molecule has 1 heterocycles. The summed E-state index contributed by atoms with van der Waals surface area (Å²) >= 11 is 1.86. The van der Waals surface area contributed by atoms with Crippen LogP contribution in [-0.2, 0) is 13.6 Å². The average Bonchev–Trinajstić information content (AvgIpc) is 3.00. The Morgan fingerprint density at radius 1 is 1.26 bits per heavy atom. The molecule has 0 aliphatic heterocycles. The van der Waals surface area contributed by atoms with Crippen molar-refractivity contribution < 1.29 is 5.11 Å². The smallest absolute Gasteiger partial charge is 0.191 e. The maximum Gasteiger partial charge on any atom is 0.191 e. The fourth-order valence-corrected chi connectivity index (χ4v) is 4.09. The third kappa shape index (κ3) is 6.99. The molecule has 154 valence electrons. The topological polar surface area (TPSA) is 87.4 Å². The highest BCUT2D eigenvalue weighted by Gasteiger charge is 2.31. The first-order chi connectivity index (χ1) is 13.1. The van der Waals surface area contributed by atoms with Crippen LogP contribution < -0.4 is 10.6 Å². The van der Waals surface area contributed by atoms with E-state index in [2.05, 4.69) is 27.1 Å². The van der Waals surface area contributed by atoms with Crippen LogP contribution in [0.25, 0.3) is 0 Å². The Morgan fingerprint density at radius 3 is 2.67 bits per heavy atom. The van der Waals surface area contributed by atoms with Crippen molar-refractivity contribution in [2.24, 2.45) is 17.5 Å². The molecule has 27 heavy (non-hydrogen) atoms. The second kappa shape index (κ2) is 11.5. The van der Waals surface area contributed by atoms with Gasteiger partial charge in [-0.05, 0) is 50.0 Å². The summed E-state index contributed by atoms with van der Waals surface area (Å²) in [6.45, 7) is 4.47. The highest BCUT2D eigenvalue weighted by atomic mass is 32.2. The van der Waals surface area contributed by atoms with Crippen LogP contribution in [0, 0.1) is 12.3 Å². The Hall–Kier alpha value is -1.28. The predicted octanol–water partition coefficient (Wildman–Crippen LogP) is 2.24. The molecule has 3 N–H and O–H groups in total. The number of hydrogen-bond acceptors (Lipinski definition) is 5. The van der Waals surface area contributed by atoms with Gasteiger partial charge in [0.05, 0.1) is 0 Å². The quantitative estimate of drug-likeness (QED) is 0.319. The van der Waals surface area contributed by atoms with Gasteiger partial charge in [-0.3, -0.25) is 0 Å². The Balaban J connectivity index is 1.99. The maximum atomic E-state index is 9.54. The monoisotopic (exact) mass is 396 g/mol. The van der Waals surface area contributed by atoms with Crippen molar-refractivity contribution in [1.29, 1.82) is 0 Å². The number of rotatable bonds is 10. The van der Waals surface area contributed by atoms with Crippen LogP contribution in [0.15, 0.2) is 4.99 Å². The van der Waals surface area contributed by atoms with E-state index in [0.717, 1.165) is 49.3 Å². The number of aliphatic hydroxyl groups is 1. The highest BCUT2D eigenvalue weighted by Crippen LogP contribution is 2.38. The van der Waals surface area contributed by atoms with E-state index in [-0.39, 0.29) is 12.0 Å². The second-order valence-corrected chi connectivity index (χ2v) is 8.53. The number of aryl methyl sites for hydroxylation is 1. The van der Waals surface area contributed by atoms with Gasteiger partial charge in [0.25, 0.3) is 0 Å². The van der Waals surface area contributed by atoms with E-state index in [4.69, 9.17) is 4.99 Å². The minimum absolute atomic E-state index is 0.191. The summed E-state index contributed by atoms with van der Waals surface area (Å²) in [5, 5.41) is 24.9. The van der Waals surface area contributed by atoms with E-state index in [1.54, 1.807) is 0 Å². The van der Waals surface area contributed by atoms with Crippen molar-refractivity contribution in [3.05, 3.63) is 11.6 Å². The van der Waals surface area contributed by atoms with Crippen LogP contribution in [0.1, 0.15) is 56.6 Å². The van der Waals surface area contributed by atoms with Gasteiger partial charge in [0.1, 0.15) is 12.4 Å². The van der Waals surface area contributed by atoms with Gasteiger partial charge in [-0.15, -0.1) is 10.2 Å². The van der Waals surface area contributed by atoms with Gasteiger partial charge in [0.15, 0.2) is 11.8 Å². The zero-order valence-corrected chi connectivity index (χ0v) is 17.9. The molecule has 1 aromatic rings. The Labute approximate surface area is 167 Å². The summed E-state index contributed by atoms with van der Waals surface area (Å²) in [5.41, 5.74) is 0.191. The molecule has 2 rings (SSSR count). The molecule has 0 saturated heterocycles. The van der Waals surface area contributed by atoms with Crippen molar-refractivity contribution in [3.63, 3.8) is 0 Å². The van der Waals surface area contributed by atoms with E-state index in [1.807, 2.05) is 30.3 Å². The van der Waals surface area contributed by atoms with Gasteiger partial charge >= 0.3 is 0 Å². The first-order valence-electron chi connectivity index (χ1n) is 10.1. The molecule has 1 aliphatic rings. The van der Waals surface area contributed by atoms with Gasteiger partial charge in [-0.25, -0.2) is 4.99 Å². The molecule has 7 nitrogen and oxygen atoms in total. The first kappa shape index (κ1) is 22.0. The van der Waals surface area contributed by atoms with Crippen LogP contribution >= 0.6 is 11.8 Å². The van der Waals surface area contributed by atoms with Gasteiger partial charge < -0.3 is 20.3 Å². The molecule has 0 spiro atoms. The molecule has 1 fully saturated rings. The van der Waals surface area contributed by atoms with Gasteiger partial charge in [0.2, 0.25) is 0 Å². The molecule has 1 aromatic heterocycles. The molecule has 0 bridgehead atoms. The van der Waals surface area contributed by atoms with Crippen LogP contribution in [0.5, 0.6) is 0 Å². The number of nitrogens with zero attached hydrogens (tertiary/aromatic N) is 4. The van der Waals surface area contributed by atoms with Crippen molar-refractivity contribution in [1.82, 2.24) is 25.4 Å². The van der Waals surface area contributed by atoms with Crippen molar-refractivity contribution >= 4 is 17.7 Å². The van der Waals surface area contributed by atoms with Gasteiger partial charge in [-0.2, -0.15) is 11.8 Å². The van der Waals surface area contributed by atoms with E-state index in [0.29, 0.717) is 6.54 Å². The zero-order chi connectivity index (χ0) is 19.5. The lowest BCUT2D eigenvalue weighted by molar-refractivity contribution is 0.131. The molecule has 1 aliphatic carbocycles. The zero-order valence-electron chi connectivity index (χ0n) is 17.1. The maximum absolute atomic E-state index is 9.54.